The summed E-state index contributed by atoms with van der Waals surface area (Å²) in [5.74, 6) is 0.482. The average Bonchev–Trinajstić information content (AvgIpc) is 3.58. The van der Waals surface area contributed by atoms with E-state index >= 15 is 0 Å². The molecular formula is C25H21N7O. The maximum absolute atomic E-state index is 13.1. The molecule has 0 aliphatic rings. The second kappa shape index (κ2) is 9.27. The lowest BCUT2D eigenvalue weighted by Gasteiger charge is -2.12. The first-order chi connectivity index (χ1) is 16.3. The quantitative estimate of drug-likeness (QED) is 0.423. The largest absolute Gasteiger partial charge is 0.348 e. The Balaban J connectivity index is 1.34. The number of benzene rings is 2. The molecular weight excluding hydrogens is 414 g/mol. The molecule has 5 aromatic rings. The van der Waals surface area contributed by atoms with Gasteiger partial charge in [-0.2, -0.15) is 10.2 Å². The summed E-state index contributed by atoms with van der Waals surface area (Å²) < 4.78 is 3.46. The molecule has 8 heteroatoms. The number of hydrogen-bond acceptors (Lipinski definition) is 5. The third-order valence-electron chi connectivity index (χ3n) is 5.28. The molecule has 2 aromatic carbocycles. The van der Waals surface area contributed by atoms with Gasteiger partial charge >= 0.3 is 0 Å². The summed E-state index contributed by atoms with van der Waals surface area (Å²) in [6.45, 7) is 1.02. The van der Waals surface area contributed by atoms with Crippen LogP contribution in [0.15, 0.2) is 98.0 Å². The van der Waals surface area contributed by atoms with Crippen LogP contribution in [0.25, 0.3) is 16.9 Å². The predicted octanol–water partition coefficient (Wildman–Crippen LogP) is 3.50. The fourth-order valence-corrected chi connectivity index (χ4v) is 3.67. The number of nitrogens with one attached hydrogen (secondary N) is 1. The summed E-state index contributed by atoms with van der Waals surface area (Å²) in [6.07, 6.45) is 8.42. The van der Waals surface area contributed by atoms with Crippen LogP contribution in [0.2, 0.25) is 0 Å². The van der Waals surface area contributed by atoms with Gasteiger partial charge in [0.25, 0.3) is 5.91 Å². The highest BCUT2D eigenvalue weighted by molar-refractivity contribution is 6.00. The first-order valence-corrected chi connectivity index (χ1v) is 10.5. The molecule has 1 amide bonds. The third-order valence-corrected chi connectivity index (χ3v) is 5.28. The van der Waals surface area contributed by atoms with E-state index in [1.54, 1.807) is 23.4 Å². The van der Waals surface area contributed by atoms with E-state index in [1.807, 2.05) is 65.5 Å². The Hall–Kier alpha value is -4.59. The first kappa shape index (κ1) is 20.3. The number of rotatable bonds is 7. The smallest absolute Gasteiger partial charge is 0.252 e. The van der Waals surface area contributed by atoms with Gasteiger partial charge in [0.05, 0.1) is 6.54 Å². The fourth-order valence-electron chi connectivity index (χ4n) is 3.67. The zero-order chi connectivity index (χ0) is 22.5. The third kappa shape index (κ3) is 4.54. The molecule has 5 rings (SSSR count). The van der Waals surface area contributed by atoms with Crippen molar-refractivity contribution in [1.29, 1.82) is 0 Å². The van der Waals surface area contributed by atoms with Crippen molar-refractivity contribution in [2.24, 2.45) is 0 Å². The number of nitrogens with zero attached hydrogens (tertiary/aromatic N) is 6. The van der Waals surface area contributed by atoms with Crippen molar-refractivity contribution in [3.63, 3.8) is 0 Å². The molecule has 0 bridgehead atoms. The standard InChI is InChI=1S/C25H21N7O/c33-25(28-15-21-5-3-12-27-24(21)32-18-26-17-30-32)23-7-2-1-6-22(23)20-10-8-19(9-11-20)16-31-14-4-13-29-31/h1-14,17-18H,15-16H2,(H,28,33). The van der Waals surface area contributed by atoms with E-state index in [0.717, 1.165) is 22.3 Å². The molecule has 162 valence electrons. The Labute approximate surface area is 190 Å². The molecule has 3 aromatic heterocycles. The lowest BCUT2D eigenvalue weighted by atomic mass is 9.98. The minimum absolute atomic E-state index is 0.153. The highest BCUT2D eigenvalue weighted by atomic mass is 16.1. The molecule has 0 saturated carbocycles. The zero-order valence-corrected chi connectivity index (χ0v) is 17.7. The summed E-state index contributed by atoms with van der Waals surface area (Å²) >= 11 is 0. The van der Waals surface area contributed by atoms with Crippen LogP contribution in [-0.4, -0.2) is 35.4 Å². The second-order valence-electron chi connectivity index (χ2n) is 7.46. The molecule has 0 unspecified atom stereocenters. The van der Waals surface area contributed by atoms with Crippen molar-refractivity contribution in [2.75, 3.05) is 0 Å². The summed E-state index contributed by atoms with van der Waals surface area (Å²) in [6, 6.07) is 21.5. The van der Waals surface area contributed by atoms with E-state index in [4.69, 9.17) is 0 Å². The Morgan fingerprint density at radius 2 is 1.79 bits per heavy atom. The molecule has 8 nitrogen and oxygen atoms in total. The van der Waals surface area contributed by atoms with Gasteiger partial charge in [-0.3, -0.25) is 9.48 Å². The maximum Gasteiger partial charge on any atom is 0.252 e. The van der Waals surface area contributed by atoms with Gasteiger partial charge in [-0.05, 0) is 34.9 Å². The lowest BCUT2D eigenvalue weighted by molar-refractivity contribution is 0.0951. The van der Waals surface area contributed by atoms with Crippen LogP contribution in [0, 0.1) is 0 Å². The molecule has 3 heterocycles. The monoisotopic (exact) mass is 435 g/mol. The van der Waals surface area contributed by atoms with E-state index in [1.165, 1.54) is 6.33 Å². The summed E-state index contributed by atoms with van der Waals surface area (Å²) in [7, 11) is 0. The van der Waals surface area contributed by atoms with Crippen LogP contribution in [-0.2, 0) is 13.1 Å². The van der Waals surface area contributed by atoms with Gasteiger partial charge < -0.3 is 5.32 Å². The number of pyridine rings is 1. The summed E-state index contributed by atoms with van der Waals surface area (Å²) in [4.78, 5) is 21.5. The van der Waals surface area contributed by atoms with E-state index in [2.05, 4.69) is 37.6 Å². The van der Waals surface area contributed by atoms with E-state index in [-0.39, 0.29) is 5.91 Å². The van der Waals surface area contributed by atoms with Crippen LogP contribution in [0.5, 0.6) is 0 Å². The Kier molecular flexibility index (Phi) is 5.71. The van der Waals surface area contributed by atoms with Crippen LogP contribution in [0.4, 0.5) is 0 Å². The van der Waals surface area contributed by atoms with Gasteiger partial charge in [-0.25, -0.2) is 14.6 Å². The van der Waals surface area contributed by atoms with Gasteiger partial charge in [0.2, 0.25) is 0 Å². The van der Waals surface area contributed by atoms with Gasteiger partial charge in [-0.15, -0.1) is 0 Å². The molecule has 0 saturated heterocycles. The number of amides is 1. The predicted molar refractivity (Wildman–Crippen MR) is 124 cm³/mol. The van der Waals surface area contributed by atoms with Crippen molar-refractivity contribution < 1.29 is 4.79 Å². The molecule has 0 aliphatic heterocycles. The molecule has 0 spiro atoms. The average molecular weight is 435 g/mol. The maximum atomic E-state index is 13.1. The van der Waals surface area contributed by atoms with Gasteiger partial charge in [-0.1, -0.05) is 48.5 Å². The number of carbonyl (C=O) groups is 1. The topological polar surface area (TPSA) is 90.5 Å². The minimum atomic E-state index is -0.153. The van der Waals surface area contributed by atoms with Crippen molar-refractivity contribution in [2.45, 2.75) is 13.1 Å². The van der Waals surface area contributed by atoms with Crippen LogP contribution < -0.4 is 5.32 Å². The molecule has 0 atom stereocenters. The lowest BCUT2D eigenvalue weighted by Crippen LogP contribution is -2.24. The van der Waals surface area contributed by atoms with Crippen molar-refractivity contribution in [3.05, 3.63) is 115 Å². The van der Waals surface area contributed by atoms with Gasteiger partial charge in [0, 0.05) is 36.3 Å². The Bertz CT molecular complexity index is 1340. The molecule has 0 radical (unpaired) electrons. The number of carbonyl (C=O) groups excluding carboxylic acids is 1. The number of hydrogen-bond donors (Lipinski definition) is 1. The highest BCUT2D eigenvalue weighted by Crippen LogP contribution is 2.24. The van der Waals surface area contributed by atoms with Gasteiger partial charge in [0.1, 0.15) is 12.7 Å². The normalized spacial score (nSPS) is 10.8. The van der Waals surface area contributed by atoms with Crippen molar-refractivity contribution in [1.82, 2.24) is 34.8 Å². The number of aromatic nitrogens is 6. The van der Waals surface area contributed by atoms with Crippen LogP contribution in [0.1, 0.15) is 21.5 Å². The Morgan fingerprint density at radius 3 is 2.58 bits per heavy atom. The Morgan fingerprint density at radius 1 is 0.909 bits per heavy atom. The van der Waals surface area contributed by atoms with Crippen LogP contribution >= 0.6 is 0 Å². The van der Waals surface area contributed by atoms with E-state index < -0.39 is 0 Å². The minimum Gasteiger partial charge on any atom is -0.348 e. The van der Waals surface area contributed by atoms with Crippen molar-refractivity contribution in [3.8, 4) is 16.9 Å². The van der Waals surface area contributed by atoms with E-state index in [9.17, 15) is 4.79 Å². The van der Waals surface area contributed by atoms with Crippen LogP contribution in [0.3, 0.4) is 0 Å². The first-order valence-electron chi connectivity index (χ1n) is 10.5. The molecule has 0 fully saturated rings. The second-order valence-corrected chi connectivity index (χ2v) is 7.46. The van der Waals surface area contributed by atoms with Crippen molar-refractivity contribution >= 4 is 5.91 Å². The molecule has 0 aliphatic carbocycles. The van der Waals surface area contributed by atoms with E-state index in [0.29, 0.717) is 24.5 Å². The summed E-state index contributed by atoms with van der Waals surface area (Å²) in [5, 5.41) is 11.4. The zero-order valence-electron chi connectivity index (χ0n) is 17.7. The SMILES string of the molecule is O=C(NCc1cccnc1-n1cncn1)c1ccccc1-c1ccc(Cn2cccn2)cc1. The molecule has 33 heavy (non-hydrogen) atoms. The molecule has 1 N–H and O–H groups in total. The highest BCUT2D eigenvalue weighted by Gasteiger charge is 2.14. The fraction of sp³-hybridized carbons (Fsp3) is 0.0800. The van der Waals surface area contributed by atoms with Gasteiger partial charge in [0.15, 0.2) is 5.82 Å². The summed E-state index contributed by atoms with van der Waals surface area (Å²) in [5.41, 5.74) is 4.46.